The third-order valence-electron chi connectivity index (χ3n) is 8.57. The summed E-state index contributed by atoms with van der Waals surface area (Å²) in [6, 6.07) is 9.60. The summed E-state index contributed by atoms with van der Waals surface area (Å²) in [5, 5.41) is 19.4. The van der Waals surface area contributed by atoms with Crippen molar-refractivity contribution >= 4 is 27.5 Å². The molecule has 9 nitrogen and oxygen atoms in total. The highest BCUT2D eigenvalue weighted by Gasteiger charge is 2.47. The maximum absolute atomic E-state index is 14.9. The number of amides is 2. The molecule has 0 bridgehead atoms. The van der Waals surface area contributed by atoms with E-state index >= 15 is 0 Å². The Morgan fingerprint density at radius 3 is 2.18 bits per heavy atom. The Hall–Kier alpha value is -4.01. The van der Waals surface area contributed by atoms with Crippen LogP contribution < -0.4 is 10.4 Å². The molecule has 2 amide bonds. The fraction of sp³-hybridized carbons (Fsp3) is 0.355. The van der Waals surface area contributed by atoms with Gasteiger partial charge in [-0.05, 0) is 55.4 Å². The highest BCUT2D eigenvalue weighted by molar-refractivity contribution is 7.89. The zero-order valence-electron chi connectivity index (χ0n) is 24.2. The third kappa shape index (κ3) is 6.01. The lowest BCUT2D eigenvalue weighted by Gasteiger charge is -2.41. The molecule has 1 saturated carbocycles. The molecule has 5 rings (SSSR count). The number of carbonyl (C=O) groups excluding carboxylic acids is 2. The van der Waals surface area contributed by atoms with Crippen molar-refractivity contribution in [3.8, 4) is 5.75 Å². The topological polar surface area (TPSA) is 127 Å². The molecule has 240 valence electrons. The van der Waals surface area contributed by atoms with E-state index < -0.39 is 67.4 Å². The Kier molecular flexibility index (Phi) is 9.19. The standard InChI is InChI=1S/C31H31F4N3O6S/c1-17-25(32)27(34)28(35)29(26(17)33)45(43,44)38-14-13-23(38)31(41)37(21-11-12-22(24(39)15-21)30(40)36-42)16-18-7-9-20(10-8-18)19-5-3-2-4-6-19/h7-12,15,19,23,39,42H,2-6,13-14,16H2,1H3,(H,36,40)/t23-/m1/s1. The molecular weight excluding hydrogens is 618 g/mol. The maximum Gasteiger partial charge on any atom is 0.278 e. The molecule has 14 heteroatoms. The Morgan fingerprint density at radius 1 is 0.933 bits per heavy atom. The van der Waals surface area contributed by atoms with Crippen LogP contribution in [0.3, 0.4) is 0 Å². The highest BCUT2D eigenvalue weighted by atomic mass is 32.2. The lowest BCUT2D eigenvalue weighted by Crippen LogP contribution is -2.59. The summed E-state index contributed by atoms with van der Waals surface area (Å²) in [5.74, 6) is -10.1. The smallest absolute Gasteiger partial charge is 0.278 e. The molecule has 1 saturated heterocycles. The number of anilines is 1. The van der Waals surface area contributed by atoms with Crippen molar-refractivity contribution in [2.45, 2.75) is 68.8 Å². The van der Waals surface area contributed by atoms with E-state index in [1.807, 2.05) is 24.3 Å². The highest BCUT2D eigenvalue weighted by Crippen LogP contribution is 2.37. The van der Waals surface area contributed by atoms with Crippen molar-refractivity contribution < 1.29 is 45.9 Å². The van der Waals surface area contributed by atoms with Crippen LogP contribution in [0.25, 0.3) is 0 Å². The molecule has 2 aliphatic rings. The van der Waals surface area contributed by atoms with Crippen molar-refractivity contribution in [2.75, 3.05) is 11.4 Å². The first-order valence-corrected chi connectivity index (χ1v) is 15.8. The first-order chi connectivity index (χ1) is 21.4. The van der Waals surface area contributed by atoms with E-state index in [9.17, 15) is 40.7 Å². The average Bonchev–Trinajstić information content (AvgIpc) is 3.01. The van der Waals surface area contributed by atoms with Gasteiger partial charge < -0.3 is 10.0 Å². The molecule has 3 aromatic carbocycles. The predicted octanol–water partition coefficient (Wildman–Crippen LogP) is 5.42. The summed E-state index contributed by atoms with van der Waals surface area (Å²) in [5.41, 5.74) is 1.90. The number of nitrogens with zero attached hydrogens (tertiary/aromatic N) is 2. The monoisotopic (exact) mass is 649 g/mol. The normalized spacial score (nSPS) is 17.5. The van der Waals surface area contributed by atoms with Crippen LogP contribution in [0.4, 0.5) is 23.2 Å². The molecule has 0 radical (unpaired) electrons. The number of halogens is 4. The van der Waals surface area contributed by atoms with Crippen LogP contribution in [0.5, 0.6) is 5.75 Å². The first kappa shape index (κ1) is 32.4. The van der Waals surface area contributed by atoms with E-state index in [1.54, 1.807) is 0 Å². The van der Waals surface area contributed by atoms with Gasteiger partial charge in [0.15, 0.2) is 28.2 Å². The number of phenolic OH excluding ortho intramolecular Hbond substituents is 1. The maximum atomic E-state index is 14.9. The number of sulfonamides is 1. The summed E-state index contributed by atoms with van der Waals surface area (Å²) in [6.07, 6.45) is 5.56. The number of rotatable bonds is 8. The van der Waals surface area contributed by atoms with Crippen LogP contribution in [-0.4, -0.2) is 47.4 Å². The summed E-state index contributed by atoms with van der Waals surface area (Å²) in [7, 11) is -5.16. The molecule has 3 N–H and O–H groups in total. The molecule has 3 aromatic rings. The van der Waals surface area contributed by atoms with Gasteiger partial charge >= 0.3 is 0 Å². The van der Waals surface area contributed by atoms with Gasteiger partial charge in [0, 0.05) is 23.9 Å². The number of hydrogen-bond donors (Lipinski definition) is 3. The molecule has 1 atom stereocenters. The zero-order chi connectivity index (χ0) is 32.6. The van der Waals surface area contributed by atoms with Crippen molar-refractivity contribution in [1.29, 1.82) is 0 Å². The zero-order valence-corrected chi connectivity index (χ0v) is 25.0. The van der Waals surface area contributed by atoms with Gasteiger partial charge in [0.05, 0.1) is 12.1 Å². The Labute approximate surface area is 257 Å². The SMILES string of the molecule is Cc1c(F)c(F)c(F)c(S(=O)(=O)N2CC[C@@H]2C(=O)N(Cc2ccc(C3CCCCC3)cc2)c2ccc(C(=O)NO)c(O)c2)c1F. The average molecular weight is 650 g/mol. The molecular formula is C31H31F4N3O6S. The summed E-state index contributed by atoms with van der Waals surface area (Å²) in [6.45, 7) is 0.312. The number of phenols is 1. The fourth-order valence-corrected chi connectivity index (χ4v) is 7.70. The second kappa shape index (κ2) is 12.8. The summed E-state index contributed by atoms with van der Waals surface area (Å²) in [4.78, 5) is 25.3. The first-order valence-electron chi connectivity index (χ1n) is 14.4. The van der Waals surface area contributed by atoms with Gasteiger partial charge in [-0.2, -0.15) is 4.31 Å². The van der Waals surface area contributed by atoms with Gasteiger partial charge in [-0.25, -0.2) is 31.5 Å². The number of carbonyl (C=O) groups is 2. The van der Waals surface area contributed by atoms with E-state index in [-0.39, 0.29) is 30.8 Å². The van der Waals surface area contributed by atoms with Crippen molar-refractivity contribution in [2.24, 2.45) is 0 Å². The van der Waals surface area contributed by atoms with E-state index in [0.717, 1.165) is 55.2 Å². The minimum absolute atomic E-state index is 0.0497. The second-order valence-corrected chi connectivity index (χ2v) is 13.1. The quantitative estimate of drug-likeness (QED) is 0.0984. The van der Waals surface area contributed by atoms with E-state index in [0.29, 0.717) is 15.8 Å². The van der Waals surface area contributed by atoms with Crippen LogP contribution in [0.15, 0.2) is 47.4 Å². The van der Waals surface area contributed by atoms with Crippen LogP contribution in [0.2, 0.25) is 0 Å². The van der Waals surface area contributed by atoms with Gasteiger partial charge in [0.2, 0.25) is 15.9 Å². The molecule has 1 aliphatic carbocycles. The molecule has 1 heterocycles. The van der Waals surface area contributed by atoms with Gasteiger partial charge in [0.25, 0.3) is 5.91 Å². The van der Waals surface area contributed by atoms with Crippen LogP contribution in [0.1, 0.15) is 71.5 Å². The van der Waals surface area contributed by atoms with Gasteiger partial charge in [0.1, 0.15) is 11.8 Å². The Bertz CT molecular complexity index is 1720. The van der Waals surface area contributed by atoms with Gasteiger partial charge in [-0.1, -0.05) is 43.5 Å². The molecule has 2 fully saturated rings. The minimum Gasteiger partial charge on any atom is -0.507 e. The summed E-state index contributed by atoms with van der Waals surface area (Å²) < 4.78 is 84.9. The van der Waals surface area contributed by atoms with E-state index in [4.69, 9.17) is 5.21 Å². The molecule has 45 heavy (non-hydrogen) atoms. The number of hydroxylamine groups is 1. The molecule has 0 spiro atoms. The van der Waals surface area contributed by atoms with Gasteiger partial charge in [-0.3, -0.25) is 14.8 Å². The molecule has 1 aliphatic heterocycles. The minimum atomic E-state index is -5.16. The summed E-state index contributed by atoms with van der Waals surface area (Å²) >= 11 is 0. The lowest BCUT2D eigenvalue weighted by atomic mass is 9.84. The van der Waals surface area contributed by atoms with Crippen molar-refractivity contribution in [3.63, 3.8) is 0 Å². The van der Waals surface area contributed by atoms with Crippen LogP contribution >= 0.6 is 0 Å². The second-order valence-electron chi connectivity index (χ2n) is 11.3. The number of hydrogen-bond acceptors (Lipinski definition) is 6. The van der Waals surface area contributed by atoms with Gasteiger partial charge in [-0.15, -0.1) is 0 Å². The van der Waals surface area contributed by atoms with E-state index in [2.05, 4.69) is 0 Å². The fourth-order valence-electron chi connectivity index (χ4n) is 5.90. The third-order valence-corrected chi connectivity index (χ3v) is 10.5. The van der Waals surface area contributed by atoms with Crippen LogP contribution in [0, 0.1) is 30.2 Å². The van der Waals surface area contributed by atoms with Crippen LogP contribution in [-0.2, 0) is 21.4 Å². The van der Waals surface area contributed by atoms with Crippen molar-refractivity contribution in [1.82, 2.24) is 9.79 Å². The Morgan fingerprint density at radius 2 is 1.60 bits per heavy atom. The Balaban J connectivity index is 1.49. The molecule has 0 aromatic heterocycles. The number of nitrogens with one attached hydrogen (secondary N) is 1. The molecule has 0 unspecified atom stereocenters. The van der Waals surface area contributed by atoms with Crippen molar-refractivity contribution in [3.05, 3.63) is 88.0 Å². The number of aromatic hydroxyl groups is 1. The lowest BCUT2D eigenvalue weighted by molar-refractivity contribution is -0.125. The van der Waals surface area contributed by atoms with E-state index in [1.165, 1.54) is 18.0 Å². The number of benzene rings is 3. The predicted molar refractivity (Wildman–Crippen MR) is 154 cm³/mol. The largest absolute Gasteiger partial charge is 0.507 e.